The van der Waals surface area contributed by atoms with Gasteiger partial charge in [-0.05, 0) is 30.3 Å². The summed E-state index contributed by atoms with van der Waals surface area (Å²) in [6.07, 6.45) is -0.396. The standard InChI is InChI=1S/C17H15Cl2N3O3/c1-10(23)20-11-4-2-5-12(8-11)21-15(24)9-16(25)22-14-7-3-6-13(18)17(14)19/h2-8H,9H2,1H3,(H,20,23)(H,21,24)(H,22,25). The van der Waals surface area contributed by atoms with Crippen LogP contribution in [0.2, 0.25) is 10.0 Å². The molecule has 0 aromatic heterocycles. The van der Waals surface area contributed by atoms with Gasteiger partial charge < -0.3 is 16.0 Å². The smallest absolute Gasteiger partial charge is 0.233 e. The quantitative estimate of drug-likeness (QED) is 0.687. The van der Waals surface area contributed by atoms with E-state index in [9.17, 15) is 14.4 Å². The van der Waals surface area contributed by atoms with E-state index in [0.717, 1.165) is 0 Å². The van der Waals surface area contributed by atoms with E-state index >= 15 is 0 Å². The zero-order chi connectivity index (χ0) is 18.4. The van der Waals surface area contributed by atoms with Crippen LogP contribution in [0.5, 0.6) is 0 Å². The molecule has 0 bridgehead atoms. The summed E-state index contributed by atoms with van der Waals surface area (Å²) in [5.74, 6) is -1.25. The van der Waals surface area contributed by atoms with Gasteiger partial charge in [0, 0.05) is 18.3 Å². The molecule has 0 aliphatic heterocycles. The molecular weight excluding hydrogens is 365 g/mol. The van der Waals surface area contributed by atoms with Gasteiger partial charge in [0.05, 0.1) is 15.7 Å². The first kappa shape index (κ1) is 18.8. The molecule has 0 spiro atoms. The van der Waals surface area contributed by atoms with Gasteiger partial charge in [0.2, 0.25) is 17.7 Å². The Morgan fingerprint density at radius 3 is 2.16 bits per heavy atom. The predicted molar refractivity (Wildman–Crippen MR) is 99.1 cm³/mol. The minimum absolute atomic E-state index is 0.209. The maximum absolute atomic E-state index is 12.0. The summed E-state index contributed by atoms with van der Waals surface area (Å²) in [6, 6.07) is 11.4. The van der Waals surface area contributed by atoms with Crippen molar-refractivity contribution in [1.82, 2.24) is 0 Å². The van der Waals surface area contributed by atoms with Gasteiger partial charge in [0.1, 0.15) is 6.42 Å². The Hall–Kier alpha value is -2.57. The maximum Gasteiger partial charge on any atom is 0.233 e. The minimum Gasteiger partial charge on any atom is -0.326 e. The van der Waals surface area contributed by atoms with Crippen LogP contribution in [0.4, 0.5) is 17.1 Å². The molecule has 3 amide bonds. The molecule has 2 aromatic rings. The van der Waals surface area contributed by atoms with Crippen molar-refractivity contribution in [2.24, 2.45) is 0 Å². The van der Waals surface area contributed by atoms with Crippen LogP contribution in [0.3, 0.4) is 0 Å². The normalized spacial score (nSPS) is 10.0. The Morgan fingerprint density at radius 1 is 0.880 bits per heavy atom. The molecule has 0 aliphatic rings. The number of carbonyl (C=O) groups is 3. The number of carbonyl (C=O) groups excluding carboxylic acids is 3. The van der Waals surface area contributed by atoms with Gasteiger partial charge in [-0.1, -0.05) is 35.3 Å². The minimum atomic E-state index is -0.528. The molecule has 25 heavy (non-hydrogen) atoms. The number of hydrogen-bond donors (Lipinski definition) is 3. The first-order chi connectivity index (χ1) is 11.8. The first-order valence-electron chi connectivity index (χ1n) is 7.26. The maximum atomic E-state index is 12.0. The first-order valence-corrected chi connectivity index (χ1v) is 8.02. The molecule has 0 atom stereocenters. The fourth-order valence-electron chi connectivity index (χ4n) is 2.02. The molecular formula is C17H15Cl2N3O3. The monoisotopic (exact) mass is 379 g/mol. The summed E-state index contributed by atoms with van der Waals surface area (Å²) < 4.78 is 0. The number of benzene rings is 2. The number of amides is 3. The fourth-order valence-corrected chi connectivity index (χ4v) is 2.37. The molecule has 2 rings (SSSR count). The highest BCUT2D eigenvalue weighted by atomic mass is 35.5. The molecule has 0 saturated carbocycles. The van der Waals surface area contributed by atoms with Crippen molar-refractivity contribution >= 4 is 58.0 Å². The SMILES string of the molecule is CC(=O)Nc1cccc(NC(=O)CC(=O)Nc2cccc(Cl)c2Cl)c1. The van der Waals surface area contributed by atoms with E-state index in [1.807, 2.05) is 0 Å². The number of anilines is 3. The second kappa shape index (κ2) is 8.50. The van der Waals surface area contributed by atoms with Crippen LogP contribution in [0.1, 0.15) is 13.3 Å². The van der Waals surface area contributed by atoms with Crippen LogP contribution in [-0.2, 0) is 14.4 Å². The van der Waals surface area contributed by atoms with Crippen molar-refractivity contribution in [1.29, 1.82) is 0 Å². The molecule has 0 heterocycles. The zero-order valence-corrected chi connectivity index (χ0v) is 14.7. The lowest BCUT2D eigenvalue weighted by molar-refractivity contribution is -0.123. The van der Waals surface area contributed by atoms with Gasteiger partial charge in [-0.2, -0.15) is 0 Å². The molecule has 2 aromatic carbocycles. The van der Waals surface area contributed by atoms with Gasteiger partial charge in [-0.3, -0.25) is 14.4 Å². The van der Waals surface area contributed by atoms with Crippen molar-refractivity contribution < 1.29 is 14.4 Å². The Kier molecular flexibility index (Phi) is 6.38. The molecule has 0 radical (unpaired) electrons. The number of halogens is 2. The lowest BCUT2D eigenvalue weighted by Gasteiger charge is -2.09. The van der Waals surface area contributed by atoms with Gasteiger partial charge in [0.15, 0.2) is 0 Å². The number of rotatable bonds is 5. The average molecular weight is 380 g/mol. The van der Waals surface area contributed by atoms with E-state index < -0.39 is 18.2 Å². The Morgan fingerprint density at radius 2 is 1.48 bits per heavy atom. The summed E-state index contributed by atoms with van der Waals surface area (Å²) in [5, 5.41) is 8.24. The molecule has 8 heteroatoms. The fraction of sp³-hybridized carbons (Fsp3) is 0.118. The van der Waals surface area contributed by atoms with Crippen LogP contribution in [0.15, 0.2) is 42.5 Å². The molecule has 3 N–H and O–H groups in total. The molecule has 0 unspecified atom stereocenters. The van der Waals surface area contributed by atoms with E-state index in [4.69, 9.17) is 23.2 Å². The van der Waals surface area contributed by atoms with E-state index in [0.29, 0.717) is 22.1 Å². The van der Waals surface area contributed by atoms with Gasteiger partial charge in [-0.25, -0.2) is 0 Å². The van der Waals surface area contributed by atoms with Crippen molar-refractivity contribution in [3.8, 4) is 0 Å². The predicted octanol–water partition coefficient (Wildman–Crippen LogP) is 3.92. The van der Waals surface area contributed by atoms with Gasteiger partial charge in [-0.15, -0.1) is 0 Å². The van der Waals surface area contributed by atoms with Crippen LogP contribution in [-0.4, -0.2) is 17.7 Å². The Balaban J connectivity index is 1.94. The highest BCUT2D eigenvalue weighted by Crippen LogP contribution is 2.29. The van der Waals surface area contributed by atoms with E-state index in [-0.39, 0.29) is 10.9 Å². The molecule has 6 nitrogen and oxygen atoms in total. The lowest BCUT2D eigenvalue weighted by atomic mass is 10.2. The molecule has 130 valence electrons. The van der Waals surface area contributed by atoms with Gasteiger partial charge in [0.25, 0.3) is 0 Å². The highest BCUT2D eigenvalue weighted by Gasteiger charge is 2.13. The highest BCUT2D eigenvalue weighted by molar-refractivity contribution is 6.44. The largest absolute Gasteiger partial charge is 0.326 e. The molecule has 0 aliphatic carbocycles. The third-order valence-corrected chi connectivity index (χ3v) is 3.83. The van der Waals surface area contributed by atoms with E-state index in [1.165, 1.54) is 6.92 Å². The van der Waals surface area contributed by atoms with Crippen LogP contribution in [0, 0.1) is 0 Å². The third-order valence-electron chi connectivity index (χ3n) is 3.01. The average Bonchev–Trinajstić information content (AvgIpc) is 2.51. The van der Waals surface area contributed by atoms with E-state index in [1.54, 1.807) is 42.5 Å². The summed E-state index contributed by atoms with van der Waals surface area (Å²) >= 11 is 11.8. The van der Waals surface area contributed by atoms with Crippen molar-refractivity contribution in [3.63, 3.8) is 0 Å². The molecule has 0 fully saturated rings. The summed E-state index contributed by atoms with van der Waals surface area (Å²) in [5.41, 5.74) is 1.34. The number of nitrogens with one attached hydrogen (secondary N) is 3. The van der Waals surface area contributed by atoms with Crippen molar-refractivity contribution in [2.75, 3.05) is 16.0 Å². The zero-order valence-electron chi connectivity index (χ0n) is 13.2. The van der Waals surface area contributed by atoms with Gasteiger partial charge >= 0.3 is 0 Å². The van der Waals surface area contributed by atoms with Crippen molar-refractivity contribution in [2.45, 2.75) is 13.3 Å². The van der Waals surface area contributed by atoms with Crippen LogP contribution in [0.25, 0.3) is 0 Å². The van der Waals surface area contributed by atoms with Crippen molar-refractivity contribution in [3.05, 3.63) is 52.5 Å². The Labute approximate surface area is 154 Å². The third kappa shape index (κ3) is 5.77. The van der Waals surface area contributed by atoms with E-state index in [2.05, 4.69) is 16.0 Å². The van der Waals surface area contributed by atoms with Crippen LogP contribution >= 0.6 is 23.2 Å². The summed E-state index contributed by atoms with van der Waals surface area (Å²) in [4.78, 5) is 35.0. The Bertz CT molecular complexity index is 825. The summed E-state index contributed by atoms with van der Waals surface area (Å²) in [6.45, 7) is 1.39. The lowest BCUT2D eigenvalue weighted by Crippen LogP contribution is -2.21. The second-order valence-corrected chi connectivity index (χ2v) is 5.92. The second-order valence-electron chi connectivity index (χ2n) is 5.14. The topological polar surface area (TPSA) is 87.3 Å². The summed E-state index contributed by atoms with van der Waals surface area (Å²) in [7, 11) is 0. The molecule has 0 saturated heterocycles. The number of hydrogen-bond acceptors (Lipinski definition) is 3. The van der Waals surface area contributed by atoms with Crippen LogP contribution < -0.4 is 16.0 Å².